The van der Waals surface area contributed by atoms with Gasteiger partial charge in [-0.2, -0.15) is 0 Å². The molecule has 0 aromatic heterocycles. The zero-order valence-corrected chi connectivity index (χ0v) is 11.6. The van der Waals surface area contributed by atoms with Gasteiger partial charge < -0.3 is 20.3 Å². The van der Waals surface area contributed by atoms with Gasteiger partial charge in [-0.3, -0.25) is 0 Å². The highest BCUT2D eigenvalue weighted by molar-refractivity contribution is 5.57. The lowest BCUT2D eigenvalue weighted by molar-refractivity contribution is 0.243. The fourth-order valence-corrected chi connectivity index (χ4v) is 1.86. The van der Waals surface area contributed by atoms with E-state index in [-0.39, 0.29) is 17.6 Å². The molecule has 4 heteroatoms. The van der Waals surface area contributed by atoms with E-state index in [4.69, 9.17) is 4.74 Å². The van der Waals surface area contributed by atoms with Gasteiger partial charge in [-0.05, 0) is 38.1 Å². The molecule has 0 saturated heterocycles. The van der Waals surface area contributed by atoms with Crippen LogP contribution in [-0.2, 0) is 6.54 Å². The van der Waals surface area contributed by atoms with Crippen LogP contribution < -0.4 is 10.1 Å². The zero-order valence-electron chi connectivity index (χ0n) is 11.6. The second-order valence-electron chi connectivity index (χ2n) is 4.83. The lowest BCUT2D eigenvalue weighted by atomic mass is 10.2. The summed E-state index contributed by atoms with van der Waals surface area (Å²) in [4.78, 5) is 0. The largest absolute Gasteiger partial charge is 0.508 e. The average molecular weight is 273 g/mol. The monoisotopic (exact) mass is 273 g/mol. The van der Waals surface area contributed by atoms with E-state index in [0.29, 0.717) is 12.1 Å². The molecular formula is C16H19NO3. The number of para-hydroxylation sites is 2. The Morgan fingerprint density at radius 3 is 2.55 bits per heavy atom. The van der Waals surface area contributed by atoms with Crippen LogP contribution in [0.3, 0.4) is 0 Å². The van der Waals surface area contributed by atoms with Crippen LogP contribution >= 0.6 is 0 Å². The zero-order chi connectivity index (χ0) is 14.5. The van der Waals surface area contributed by atoms with Crippen molar-refractivity contribution in [1.82, 2.24) is 0 Å². The molecule has 0 bridgehead atoms. The molecule has 0 heterocycles. The predicted molar refractivity (Wildman–Crippen MR) is 79.3 cm³/mol. The van der Waals surface area contributed by atoms with E-state index < -0.39 is 0 Å². The number of anilines is 1. The molecule has 0 fully saturated rings. The van der Waals surface area contributed by atoms with Gasteiger partial charge in [0.2, 0.25) is 0 Å². The number of aromatic hydroxyl groups is 2. The first kappa shape index (κ1) is 14.1. The normalized spacial score (nSPS) is 10.6. The van der Waals surface area contributed by atoms with Crippen molar-refractivity contribution < 1.29 is 14.9 Å². The maximum absolute atomic E-state index is 9.75. The molecule has 3 N–H and O–H groups in total. The number of hydrogen-bond acceptors (Lipinski definition) is 4. The lowest BCUT2D eigenvalue weighted by Gasteiger charge is -2.15. The molecule has 0 spiro atoms. The molecule has 0 amide bonds. The Morgan fingerprint density at radius 2 is 1.85 bits per heavy atom. The van der Waals surface area contributed by atoms with Gasteiger partial charge in [0.15, 0.2) is 0 Å². The molecule has 106 valence electrons. The molecule has 4 nitrogen and oxygen atoms in total. The van der Waals surface area contributed by atoms with Crippen molar-refractivity contribution in [1.29, 1.82) is 0 Å². The van der Waals surface area contributed by atoms with Crippen LogP contribution in [0.25, 0.3) is 0 Å². The minimum absolute atomic E-state index is 0.0507. The van der Waals surface area contributed by atoms with Crippen molar-refractivity contribution in [2.75, 3.05) is 5.32 Å². The van der Waals surface area contributed by atoms with Crippen LogP contribution in [0.1, 0.15) is 19.4 Å². The first-order valence-electron chi connectivity index (χ1n) is 6.56. The van der Waals surface area contributed by atoms with E-state index in [0.717, 1.165) is 11.4 Å². The third-order valence-electron chi connectivity index (χ3n) is 2.79. The molecule has 0 unspecified atom stereocenters. The number of rotatable bonds is 5. The summed E-state index contributed by atoms with van der Waals surface area (Å²) in [6, 6.07) is 12.2. The van der Waals surface area contributed by atoms with Crippen molar-refractivity contribution in [3.8, 4) is 17.2 Å². The third-order valence-corrected chi connectivity index (χ3v) is 2.79. The van der Waals surface area contributed by atoms with Crippen LogP contribution in [0, 0.1) is 0 Å². The highest BCUT2D eigenvalue weighted by Crippen LogP contribution is 2.27. The molecule has 0 aliphatic rings. The summed E-state index contributed by atoms with van der Waals surface area (Å²) in [7, 11) is 0. The van der Waals surface area contributed by atoms with Gasteiger partial charge in [0, 0.05) is 18.2 Å². The van der Waals surface area contributed by atoms with Gasteiger partial charge in [-0.1, -0.05) is 12.1 Å². The Bertz CT molecular complexity index is 582. The van der Waals surface area contributed by atoms with Crippen molar-refractivity contribution in [2.24, 2.45) is 0 Å². The minimum Gasteiger partial charge on any atom is -0.508 e. The topological polar surface area (TPSA) is 61.7 Å². The second kappa shape index (κ2) is 6.19. The van der Waals surface area contributed by atoms with Crippen molar-refractivity contribution >= 4 is 5.69 Å². The third kappa shape index (κ3) is 3.57. The Kier molecular flexibility index (Phi) is 4.35. The Balaban J connectivity index is 2.10. The number of benzene rings is 2. The Hall–Kier alpha value is -2.36. The quantitative estimate of drug-likeness (QED) is 0.780. The molecule has 2 aromatic rings. The van der Waals surface area contributed by atoms with Crippen molar-refractivity contribution in [2.45, 2.75) is 26.5 Å². The van der Waals surface area contributed by atoms with Crippen LogP contribution in [0.4, 0.5) is 5.69 Å². The van der Waals surface area contributed by atoms with Gasteiger partial charge in [-0.25, -0.2) is 0 Å². The van der Waals surface area contributed by atoms with Crippen LogP contribution in [-0.4, -0.2) is 16.3 Å². The first-order valence-corrected chi connectivity index (χ1v) is 6.56. The maximum atomic E-state index is 9.75. The van der Waals surface area contributed by atoms with Gasteiger partial charge in [0.25, 0.3) is 0 Å². The smallest absolute Gasteiger partial charge is 0.142 e. The number of phenols is 2. The van der Waals surface area contributed by atoms with E-state index in [1.807, 2.05) is 38.1 Å². The summed E-state index contributed by atoms with van der Waals surface area (Å²) in [6.07, 6.45) is 0.0972. The molecular weight excluding hydrogens is 254 g/mol. The molecule has 2 aromatic carbocycles. The minimum atomic E-state index is 0.0507. The summed E-state index contributed by atoms with van der Waals surface area (Å²) in [5.74, 6) is 0.898. The summed E-state index contributed by atoms with van der Waals surface area (Å²) in [5.41, 5.74) is 1.58. The predicted octanol–water partition coefficient (Wildman–Crippen LogP) is 3.50. The van der Waals surface area contributed by atoms with Crippen LogP contribution in [0.15, 0.2) is 42.5 Å². The second-order valence-corrected chi connectivity index (χ2v) is 4.83. The average Bonchev–Trinajstić information content (AvgIpc) is 2.39. The highest BCUT2D eigenvalue weighted by atomic mass is 16.5. The van der Waals surface area contributed by atoms with Crippen molar-refractivity contribution in [3.05, 3.63) is 48.0 Å². The van der Waals surface area contributed by atoms with Crippen LogP contribution in [0.2, 0.25) is 0 Å². The summed E-state index contributed by atoms with van der Waals surface area (Å²) >= 11 is 0. The molecule has 0 aliphatic carbocycles. The summed E-state index contributed by atoms with van der Waals surface area (Å²) < 4.78 is 5.72. The lowest BCUT2D eigenvalue weighted by Crippen LogP contribution is -2.08. The van der Waals surface area contributed by atoms with E-state index in [1.54, 1.807) is 12.1 Å². The van der Waals surface area contributed by atoms with E-state index in [2.05, 4.69) is 5.32 Å². The molecule has 0 aliphatic heterocycles. The number of hydrogen-bond donors (Lipinski definition) is 3. The number of phenolic OH excluding ortho intramolecular Hbond substituents is 2. The molecule has 0 atom stereocenters. The van der Waals surface area contributed by atoms with Crippen LogP contribution in [0.5, 0.6) is 17.2 Å². The summed E-state index contributed by atoms with van der Waals surface area (Å²) in [5, 5.41) is 22.2. The molecule has 0 saturated carbocycles. The van der Waals surface area contributed by atoms with E-state index >= 15 is 0 Å². The van der Waals surface area contributed by atoms with Gasteiger partial charge in [0.1, 0.15) is 17.2 Å². The molecule has 2 rings (SSSR count). The maximum Gasteiger partial charge on any atom is 0.142 e. The summed E-state index contributed by atoms with van der Waals surface area (Å²) in [6.45, 7) is 4.40. The van der Waals surface area contributed by atoms with Crippen molar-refractivity contribution in [3.63, 3.8) is 0 Å². The number of nitrogens with one attached hydrogen (secondary N) is 1. The van der Waals surface area contributed by atoms with Gasteiger partial charge >= 0.3 is 0 Å². The number of ether oxygens (including phenoxy) is 1. The molecule has 0 radical (unpaired) electrons. The van der Waals surface area contributed by atoms with E-state index in [1.165, 1.54) is 6.07 Å². The SMILES string of the molecule is CC(C)Oc1ccccc1NCc1ccc(O)cc1O. The first-order chi connectivity index (χ1) is 9.56. The van der Waals surface area contributed by atoms with Gasteiger partial charge in [0.05, 0.1) is 11.8 Å². The van der Waals surface area contributed by atoms with Gasteiger partial charge in [-0.15, -0.1) is 0 Å². The van der Waals surface area contributed by atoms with E-state index in [9.17, 15) is 10.2 Å². The fraction of sp³-hybridized carbons (Fsp3) is 0.250. The molecule has 20 heavy (non-hydrogen) atoms. The Labute approximate surface area is 118 Å². The highest BCUT2D eigenvalue weighted by Gasteiger charge is 2.06. The fourth-order valence-electron chi connectivity index (χ4n) is 1.86. The Morgan fingerprint density at radius 1 is 1.10 bits per heavy atom. The standard InChI is InChI=1S/C16H19NO3/c1-11(2)20-16-6-4-3-5-14(16)17-10-12-7-8-13(18)9-15(12)19/h3-9,11,17-19H,10H2,1-2H3.